The van der Waals surface area contributed by atoms with Gasteiger partial charge in [0.05, 0.1) is 16.4 Å². The van der Waals surface area contributed by atoms with Gasteiger partial charge in [-0.3, -0.25) is 9.89 Å². The van der Waals surface area contributed by atoms with E-state index in [0.29, 0.717) is 36.2 Å². The molecule has 1 aliphatic heterocycles. The second-order valence-corrected chi connectivity index (χ2v) is 4.45. The second-order valence-electron chi connectivity index (χ2n) is 3.59. The van der Waals surface area contributed by atoms with Crippen LogP contribution in [0.1, 0.15) is 18.5 Å². The minimum absolute atomic E-state index is 0.470. The number of ether oxygens (including phenoxy) is 1. The number of carboxylic acids is 1. The predicted octanol–water partition coefficient (Wildman–Crippen LogP) is 1.30. The molecule has 1 aliphatic rings. The molecule has 0 aliphatic carbocycles. The third-order valence-electron chi connectivity index (χ3n) is 2.83. The third-order valence-corrected chi connectivity index (χ3v) is 3.43. The van der Waals surface area contributed by atoms with Crippen LogP contribution in [-0.2, 0) is 14.9 Å². The fourth-order valence-corrected chi connectivity index (χ4v) is 2.47. The van der Waals surface area contributed by atoms with Gasteiger partial charge in [0.25, 0.3) is 0 Å². The molecule has 6 heteroatoms. The molecular weight excluding hydrogens is 264 g/mol. The molecule has 0 saturated carbocycles. The van der Waals surface area contributed by atoms with Crippen molar-refractivity contribution in [1.82, 2.24) is 10.2 Å². The highest BCUT2D eigenvalue weighted by Gasteiger charge is 2.44. The first-order chi connectivity index (χ1) is 7.17. The Hall–Kier alpha value is -0.880. The first-order valence-corrected chi connectivity index (χ1v) is 5.46. The van der Waals surface area contributed by atoms with Crippen LogP contribution in [0.15, 0.2) is 10.7 Å². The van der Waals surface area contributed by atoms with Crippen molar-refractivity contribution in [2.24, 2.45) is 0 Å². The maximum absolute atomic E-state index is 11.4. The van der Waals surface area contributed by atoms with Crippen LogP contribution in [0, 0.1) is 0 Å². The van der Waals surface area contributed by atoms with E-state index < -0.39 is 11.4 Å². The lowest BCUT2D eigenvalue weighted by atomic mass is 9.77. The van der Waals surface area contributed by atoms with E-state index in [9.17, 15) is 9.90 Å². The monoisotopic (exact) mass is 274 g/mol. The molecule has 2 rings (SSSR count). The summed E-state index contributed by atoms with van der Waals surface area (Å²) in [5.41, 5.74) is -0.244. The molecule has 15 heavy (non-hydrogen) atoms. The van der Waals surface area contributed by atoms with Crippen LogP contribution in [0.4, 0.5) is 0 Å². The highest BCUT2D eigenvalue weighted by Crippen LogP contribution is 2.37. The van der Waals surface area contributed by atoms with Crippen LogP contribution in [0.2, 0.25) is 0 Å². The minimum Gasteiger partial charge on any atom is -0.481 e. The molecule has 82 valence electrons. The summed E-state index contributed by atoms with van der Waals surface area (Å²) in [6.07, 6.45) is 2.53. The molecule has 5 nitrogen and oxygen atoms in total. The van der Waals surface area contributed by atoms with Gasteiger partial charge in [0.15, 0.2) is 0 Å². The summed E-state index contributed by atoms with van der Waals surface area (Å²) >= 11 is 3.31. The van der Waals surface area contributed by atoms with Gasteiger partial charge in [0.2, 0.25) is 0 Å². The SMILES string of the molecule is O=C(O)C1(c2[nH]ncc2Br)CCOCC1. The Morgan fingerprint density at radius 2 is 2.27 bits per heavy atom. The van der Waals surface area contributed by atoms with Gasteiger partial charge < -0.3 is 9.84 Å². The normalized spacial score (nSPS) is 20.1. The van der Waals surface area contributed by atoms with E-state index in [-0.39, 0.29) is 0 Å². The van der Waals surface area contributed by atoms with Crippen molar-refractivity contribution in [1.29, 1.82) is 0 Å². The predicted molar refractivity (Wildman–Crippen MR) is 55.7 cm³/mol. The first kappa shape index (κ1) is 10.6. The Balaban J connectivity index is 2.42. The number of H-pyrrole nitrogens is 1. The summed E-state index contributed by atoms with van der Waals surface area (Å²) in [6, 6.07) is 0. The van der Waals surface area contributed by atoms with Crippen molar-refractivity contribution in [2.45, 2.75) is 18.3 Å². The lowest BCUT2D eigenvalue weighted by Gasteiger charge is -2.32. The maximum atomic E-state index is 11.4. The highest BCUT2D eigenvalue weighted by molar-refractivity contribution is 9.10. The van der Waals surface area contributed by atoms with E-state index >= 15 is 0 Å². The molecular formula is C9H11BrN2O3. The minimum atomic E-state index is -0.881. The molecule has 0 bridgehead atoms. The van der Waals surface area contributed by atoms with Crippen LogP contribution in [0.25, 0.3) is 0 Å². The van der Waals surface area contributed by atoms with E-state index in [4.69, 9.17) is 4.74 Å². The molecule has 0 spiro atoms. The summed E-state index contributed by atoms with van der Waals surface area (Å²) in [5.74, 6) is -0.823. The van der Waals surface area contributed by atoms with Gasteiger partial charge in [-0.05, 0) is 28.8 Å². The molecule has 1 fully saturated rings. The van der Waals surface area contributed by atoms with Gasteiger partial charge >= 0.3 is 5.97 Å². The van der Waals surface area contributed by atoms with Crippen LogP contribution < -0.4 is 0 Å². The first-order valence-electron chi connectivity index (χ1n) is 4.67. The number of carboxylic acid groups (broad SMARTS) is 1. The maximum Gasteiger partial charge on any atom is 0.315 e. The quantitative estimate of drug-likeness (QED) is 0.853. The zero-order valence-corrected chi connectivity index (χ0v) is 9.58. The lowest BCUT2D eigenvalue weighted by molar-refractivity contribution is -0.148. The van der Waals surface area contributed by atoms with Crippen molar-refractivity contribution < 1.29 is 14.6 Å². The van der Waals surface area contributed by atoms with Crippen molar-refractivity contribution in [3.8, 4) is 0 Å². The molecule has 0 radical (unpaired) electrons. The number of hydrogen-bond acceptors (Lipinski definition) is 3. The largest absolute Gasteiger partial charge is 0.481 e. The van der Waals surface area contributed by atoms with E-state index in [2.05, 4.69) is 26.1 Å². The Morgan fingerprint density at radius 1 is 1.60 bits per heavy atom. The lowest BCUT2D eigenvalue weighted by Crippen LogP contribution is -2.41. The molecule has 1 aromatic heterocycles. The molecule has 0 unspecified atom stereocenters. The zero-order valence-electron chi connectivity index (χ0n) is 7.99. The Labute approximate surface area is 94.9 Å². The number of aromatic nitrogens is 2. The summed E-state index contributed by atoms with van der Waals surface area (Å²) in [5, 5.41) is 16.0. The fourth-order valence-electron chi connectivity index (χ4n) is 1.90. The van der Waals surface area contributed by atoms with Gasteiger partial charge in [-0.1, -0.05) is 0 Å². The molecule has 0 atom stereocenters. The van der Waals surface area contributed by atoms with E-state index in [1.807, 2.05) is 0 Å². The number of carbonyl (C=O) groups is 1. The highest BCUT2D eigenvalue weighted by atomic mass is 79.9. The number of aromatic amines is 1. The van der Waals surface area contributed by atoms with Gasteiger partial charge in [0.1, 0.15) is 5.41 Å². The van der Waals surface area contributed by atoms with Crippen molar-refractivity contribution in [2.75, 3.05) is 13.2 Å². The second kappa shape index (κ2) is 3.94. The summed E-state index contributed by atoms with van der Waals surface area (Å²) in [7, 11) is 0. The summed E-state index contributed by atoms with van der Waals surface area (Å²) < 4.78 is 5.91. The van der Waals surface area contributed by atoms with Crippen molar-refractivity contribution in [3.63, 3.8) is 0 Å². The number of halogens is 1. The van der Waals surface area contributed by atoms with Gasteiger partial charge in [-0.25, -0.2) is 0 Å². The molecule has 1 aromatic rings. The smallest absolute Gasteiger partial charge is 0.315 e. The third kappa shape index (κ3) is 1.68. The number of rotatable bonds is 2. The van der Waals surface area contributed by atoms with E-state index in [1.54, 1.807) is 6.20 Å². The van der Waals surface area contributed by atoms with Gasteiger partial charge in [-0.2, -0.15) is 5.10 Å². The molecule has 1 saturated heterocycles. The van der Waals surface area contributed by atoms with Crippen LogP contribution in [-0.4, -0.2) is 34.5 Å². The van der Waals surface area contributed by atoms with Crippen molar-refractivity contribution >= 4 is 21.9 Å². The Kier molecular flexibility index (Phi) is 2.79. The average Bonchev–Trinajstić information content (AvgIpc) is 2.66. The number of nitrogens with zero attached hydrogens (tertiary/aromatic N) is 1. The standard InChI is InChI=1S/C9H11BrN2O3/c10-6-5-11-12-7(6)9(8(13)14)1-3-15-4-2-9/h5H,1-4H2,(H,11,12)(H,13,14). The van der Waals surface area contributed by atoms with Crippen LogP contribution in [0.3, 0.4) is 0 Å². The number of nitrogens with one attached hydrogen (secondary N) is 1. The zero-order chi connectivity index (χ0) is 10.9. The van der Waals surface area contributed by atoms with E-state index in [0.717, 1.165) is 0 Å². The van der Waals surface area contributed by atoms with Crippen LogP contribution in [0.5, 0.6) is 0 Å². The topological polar surface area (TPSA) is 75.2 Å². The molecule has 0 amide bonds. The summed E-state index contributed by atoms with van der Waals surface area (Å²) in [6.45, 7) is 0.940. The van der Waals surface area contributed by atoms with Gasteiger partial charge in [-0.15, -0.1) is 0 Å². The molecule has 2 N–H and O–H groups in total. The van der Waals surface area contributed by atoms with E-state index in [1.165, 1.54) is 0 Å². The fraction of sp³-hybridized carbons (Fsp3) is 0.556. The van der Waals surface area contributed by atoms with Crippen molar-refractivity contribution in [3.05, 3.63) is 16.4 Å². The summed E-state index contributed by atoms with van der Waals surface area (Å²) in [4.78, 5) is 11.4. The van der Waals surface area contributed by atoms with Crippen LogP contribution >= 0.6 is 15.9 Å². The Morgan fingerprint density at radius 3 is 2.73 bits per heavy atom. The Bertz CT molecular complexity index is 371. The number of hydrogen-bond donors (Lipinski definition) is 2. The molecule has 2 heterocycles. The molecule has 0 aromatic carbocycles. The average molecular weight is 275 g/mol. The van der Waals surface area contributed by atoms with Gasteiger partial charge in [0, 0.05) is 13.2 Å². The number of aliphatic carboxylic acids is 1.